The Morgan fingerprint density at radius 3 is 2.89 bits per heavy atom. The van der Waals surface area contributed by atoms with E-state index in [1.807, 2.05) is 0 Å². The maximum absolute atomic E-state index is 12.1. The molecule has 2 N–H and O–H groups in total. The second-order valence-electron chi connectivity index (χ2n) is 4.99. The molecular weight excluding hydrogens is 290 g/mol. The van der Waals surface area contributed by atoms with Crippen LogP contribution in [0.5, 0.6) is 0 Å². The summed E-state index contributed by atoms with van der Waals surface area (Å²) in [4.78, 5) is 3.80. The zero-order chi connectivity index (χ0) is 14.0. The average Bonchev–Trinajstić information content (AvgIpc) is 2.68. The molecule has 0 aromatic carbocycles. The predicted molar refractivity (Wildman–Crippen MR) is 71.4 cm³/mol. The molecule has 19 heavy (non-hydrogen) atoms. The summed E-state index contributed by atoms with van der Waals surface area (Å²) in [6, 6.07) is 0. The van der Waals surface area contributed by atoms with E-state index in [0.29, 0.717) is 13.0 Å². The van der Waals surface area contributed by atoms with Gasteiger partial charge in [0.2, 0.25) is 5.03 Å². The van der Waals surface area contributed by atoms with Gasteiger partial charge in [-0.05, 0) is 25.2 Å². The van der Waals surface area contributed by atoms with E-state index in [1.165, 1.54) is 10.9 Å². The first-order valence-corrected chi connectivity index (χ1v) is 8.11. The maximum Gasteiger partial charge on any atom is 0.261 e. The Balaban J connectivity index is 2.00. The fourth-order valence-corrected chi connectivity index (χ4v) is 3.86. The predicted octanol–water partition coefficient (Wildman–Crippen LogP) is 0.903. The highest BCUT2D eigenvalue weighted by Gasteiger charge is 2.25. The van der Waals surface area contributed by atoms with E-state index in [1.54, 1.807) is 7.05 Å². The number of hydrogen-bond acceptors (Lipinski definition) is 4. The molecule has 8 heteroatoms. The van der Waals surface area contributed by atoms with Crippen molar-refractivity contribution in [3.8, 4) is 0 Å². The molecule has 0 aliphatic heterocycles. The molecule has 2 atom stereocenters. The Morgan fingerprint density at radius 1 is 1.58 bits per heavy atom. The van der Waals surface area contributed by atoms with Gasteiger partial charge in [-0.1, -0.05) is 18.0 Å². The summed E-state index contributed by atoms with van der Waals surface area (Å²) >= 11 is 5.88. The SMILES string of the molecule is Cn1cnc(S(=O)(=O)NCC2CCCC(O)C2)c1Cl. The number of imidazole rings is 1. The van der Waals surface area contributed by atoms with Gasteiger partial charge in [-0.25, -0.2) is 18.1 Å². The summed E-state index contributed by atoms with van der Waals surface area (Å²) in [7, 11) is -2.05. The lowest BCUT2D eigenvalue weighted by Gasteiger charge is -2.25. The average molecular weight is 308 g/mol. The van der Waals surface area contributed by atoms with Crippen LogP contribution in [0.3, 0.4) is 0 Å². The van der Waals surface area contributed by atoms with Gasteiger partial charge in [0.1, 0.15) is 5.15 Å². The molecule has 2 rings (SSSR count). The quantitative estimate of drug-likeness (QED) is 0.865. The number of hydrogen-bond donors (Lipinski definition) is 2. The highest BCUT2D eigenvalue weighted by molar-refractivity contribution is 7.89. The van der Waals surface area contributed by atoms with Crippen molar-refractivity contribution in [2.24, 2.45) is 13.0 Å². The Kier molecular flexibility index (Phi) is 4.50. The molecule has 0 radical (unpaired) electrons. The largest absolute Gasteiger partial charge is 0.393 e. The number of nitrogens with zero attached hydrogens (tertiary/aromatic N) is 2. The Labute approximate surface area is 117 Å². The maximum atomic E-state index is 12.1. The fraction of sp³-hybridized carbons (Fsp3) is 0.727. The third kappa shape index (κ3) is 3.47. The molecule has 1 fully saturated rings. The number of rotatable bonds is 4. The minimum atomic E-state index is -3.68. The molecule has 1 saturated carbocycles. The van der Waals surface area contributed by atoms with Crippen molar-refractivity contribution in [1.82, 2.24) is 14.3 Å². The van der Waals surface area contributed by atoms with Crippen LogP contribution in [0.25, 0.3) is 0 Å². The Hall–Kier alpha value is -0.630. The second kappa shape index (κ2) is 5.78. The minimum absolute atomic E-state index is 0.0937. The van der Waals surface area contributed by atoms with E-state index in [4.69, 9.17) is 11.6 Å². The first-order valence-electron chi connectivity index (χ1n) is 6.24. The minimum Gasteiger partial charge on any atom is -0.393 e. The van der Waals surface area contributed by atoms with Crippen molar-refractivity contribution in [3.05, 3.63) is 11.5 Å². The molecule has 108 valence electrons. The van der Waals surface area contributed by atoms with Crippen molar-refractivity contribution in [3.63, 3.8) is 0 Å². The van der Waals surface area contributed by atoms with Gasteiger partial charge in [0.15, 0.2) is 0 Å². The van der Waals surface area contributed by atoms with Crippen LogP contribution in [-0.4, -0.2) is 35.7 Å². The van der Waals surface area contributed by atoms with E-state index >= 15 is 0 Å². The van der Waals surface area contributed by atoms with Gasteiger partial charge in [-0.3, -0.25) is 0 Å². The van der Waals surface area contributed by atoms with Crippen molar-refractivity contribution in [2.75, 3.05) is 6.54 Å². The number of nitrogens with one attached hydrogen (secondary N) is 1. The van der Waals surface area contributed by atoms with E-state index in [2.05, 4.69) is 9.71 Å². The van der Waals surface area contributed by atoms with Gasteiger partial charge < -0.3 is 9.67 Å². The molecule has 0 amide bonds. The van der Waals surface area contributed by atoms with Gasteiger partial charge in [-0.2, -0.15) is 0 Å². The number of halogens is 1. The molecule has 1 aromatic heterocycles. The van der Waals surface area contributed by atoms with Crippen LogP contribution in [0, 0.1) is 5.92 Å². The molecule has 1 aliphatic carbocycles. The van der Waals surface area contributed by atoms with Crippen LogP contribution in [0.15, 0.2) is 11.4 Å². The van der Waals surface area contributed by atoms with Crippen LogP contribution >= 0.6 is 11.6 Å². The second-order valence-corrected chi connectivity index (χ2v) is 7.03. The summed E-state index contributed by atoms with van der Waals surface area (Å²) in [5.74, 6) is 0.168. The molecular formula is C11H18ClN3O3S. The molecule has 2 unspecified atom stereocenters. The smallest absolute Gasteiger partial charge is 0.261 e. The van der Waals surface area contributed by atoms with Gasteiger partial charge in [0.05, 0.1) is 12.4 Å². The summed E-state index contributed by atoms with van der Waals surface area (Å²) < 4.78 is 28.1. The van der Waals surface area contributed by atoms with Crippen molar-refractivity contribution < 1.29 is 13.5 Å². The molecule has 0 spiro atoms. The summed E-state index contributed by atoms with van der Waals surface area (Å²) in [5.41, 5.74) is 0. The standard InChI is InChI=1S/C11H18ClN3O3S/c1-15-7-13-11(10(15)12)19(17,18)14-6-8-3-2-4-9(16)5-8/h7-9,14,16H,2-6H2,1H3. The number of sulfonamides is 1. The molecule has 1 aliphatic rings. The highest BCUT2D eigenvalue weighted by atomic mass is 35.5. The number of aliphatic hydroxyl groups is 1. The first-order chi connectivity index (χ1) is 8.90. The van der Waals surface area contributed by atoms with Gasteiger partial charge >= 0.3 is 0 Å². The van der Waals surface area contributed by atoms with Crippen LogP contribution < -0.4 is 4.72 Å². The summed E-state index contributed by atoms with van der Waals surface area (Å²) in [5, 5.41) is 9.51. The fourth-order valence-electron chi connectivity index (χ4n) is 2.32. The van der Waals surface area contributed by atoms with Crippen LogP contribution in [0.2, 0.25) is 5.15 Å². The van der Waals surface area contributed by atoms with E-state index < -0.39 is 10.0 Å². The van der Waals surface area contributed by atoms with Crippen molar-refractivity contribution in [2.45, 2.75) is 36.8 Å². The van der Waals surface area contributed by atoms with E-state index in [0.717, 1.165) is 19.3 Å². The first kappa shape index (κ1) is 14.8. The van der Waals surface area contributed by atoms with Gasteiger partial charge in [0, 0.05) is 13.6 Å². The Bertz CT molecular complexity index is 543. The topological polar surface area (TPSA) is 84.2 Å². The molecule has 1 aromatic rings. The van der Waals surface area contributed by atoms with Gasteiger partial charge in [0.25, 0.3) is 10.0 Å². The number of aromatic nitrogens is 2. The summed E-state index contributed by atoms with van der Waals surface area (Å²) in [6.07, 6.45) is 4.34. The third-order valence-corrected chi connectivity index (χ3v) is 5.32. The van der Waals surface area contributed by atoms with Crippen molar-refractivity contribution in [1.29, 1.82) is 0 Å². The number of aryl methyl sites for hydroxylation is 1. The zero-order valence-corrected chi connectivity index (χ0v) is 12.3. The lowest BCUT2D eigenvalue weighted by Crippen LogP contribution is -2.33. The summed E-state index contributed by atoms with van der Waals surface area (Å²) in [6.45, 7) is 0.312. The molecule has 6 nitrogen and oxygen atoms in total. The lowest BCUT2D eigenvalue weighted by molar-refractivity contribution is 0.102. The third-order valence-electron chi connectivity index (χ3n) is 3.41. The normalized spacial score (nSPS) is 24.6. The molecule has 0 bridgehead atoms. The van der Waals surface area contributed by atoms with Crippen LogP contribution in [0.4, 0.5) is 0 Å². The Morgan fingerprint density at radius 2 is 2.32 bits per heavy atom. The van der Waals surface area contributed by atoms with Gasteiger partial charge in [-0.15, -0.1) is 0 Å². The number of aliphatic hydroxyl groups excluding tert-OH is 1. The zero-order valence-electron chi connectivity index (χ0n) is 10.7. The molecule has 1 heterocycles. The van der Waals surface area contributed by atoms with Crippen LogP contribution in [0.1, 0.15) is 25.7 Å². The van der Waals surface area contributed by atoms with E-state index in [9.17, 15) is 13.5 Å². The van der Waals surface area contributed by atoms with Crippen LogP contribution in [-0.2, 0) is 17.1 Å². The van der Waals surface area contributed by atoms with E-state index in [-0.39, 0.29) is 22.2 Å². The lowest BCUT2D eigenvalue weighted by atomic mass is 9.87. The highest BCUT2D eigenvalue weighted by Crippen LogP contribution is 2.24. The molecule has 0 saturated heterocycles. The van der Waals surface area contributed by atoms with Crippen molar-refractivity contribution >= 4 is 21.6 Å². The monoisotopic (exact) mass is 307 g/mol.